The standard InChI is InChI=1S/C34H62O4Si2/c1-14-15-16-20-27(2)29-22-18-17-21-28(29)25-26-31(38-40(12,13)34(6,7)8)30(23-19-24-32(35)36-9)37-39(10,11)33(3,4)5/h17-18,21-22,25-27,30-31H,14-16,19-20,23-24H2,1-13H3/b26-25+/t27?,30-,31-/m0/s1. The van der Waals surface area contributed by atoms with Crippen LogP contribution < -0.4 is 0 Å². The summed E-state index contributed by atoms with van der Waals surface area (Å²) in [5.74, 6) is 0.334. The van der Waals surface area contributed by atoms with Crippen LogP contribution in [-0.2, 0) is 18.4 Å². The van der Waals surface area contributed by atoms with Gasteiger partial charge in [0.1, 0.15) is 0 Å². The van der Waals surface area contributed by atoms with Crippen LogP contribution in [0.15, 0.2) is 30.3 Å². The molecular weight excluding hydrogens is 529 g/mol. The molecule has 0 radical (unpaired) electrons. The molecule has 0 saturated heterocycles. The van der Waals surface area contributed by atoms with Gasteiger partial charge in [-0.1, -0.05) is 111 Å². The van der Waals surface area contributed by atoms with Crippen LogP contribution >= 0.6 is 0 Å². The van der Waals surface area contributed by atoms with Gasteiger partial charge in [0, 0.05) is 6.42 Å². The Morgan fingerprint density at radius 1 is 0.875 bits per heavy atom. The quantitative estimate of drug-likeness (QED) is 0.109. The highest BCUT2D eigenvalue weighted by molar-refractivity contribution is 6.74. The summed E-state index contributed by atoms with van der Waals surface area (Å²) in [5, 5.41) is 0.137. The molecule has 40 heavy (non-hydrogen) atoms. The highest BCUT2D eigenvalue weighted by Gasteiger charge is 2.44. The van der Waals surface area contributed by atoms with Crippen molar-refractivity contribution >= 4 is 28.7 Å². The summed E-state index contributed by atoms with van der Waals surface area (Å²) in [7, 11) is -2.77. The van der Waals surface area contributed by atoms with Gasteiger partial charge in [-0.3, -0.25) is 4.79 Å². The fourth-order valence-corrected chi connectivity index (χ4v) is 6.94. The van der Waals surface area contributed by atoms with Gasteiger partial charge in [-0.2, -0.15) is 0 Å². The second-order valence-corrected chi connectivity index (χ2v) is 24.1. The van der Waals surface area contributed by atoms with Crippen molar-refractivity contribution in [3.05, 3.63) is 41.5 Å². The maximum atomic E-state index is 12.0. The number of rotatable bonds is 16. The van der Waals surface area contributed by atoms with Gasteiger partial charge in [-0.25, -0.2) is 0 Å². The number of carbonyl (C=O) groups excluding carboxylic acids is 1. The largest absolute Gasteiger partial charge is 0.469 e. The zero-order valence-electron chi connectivity index (χ0n) is 28.3. The predicted octanol–water partition coefficient (Wildman–Crippen LogP) is 10.5. The zero-order chi connectivity index (χ0) is 30.8. The summed E-state index contributed by atoms with van der Waals surface area (Å²) in [6.07, 6.45) is 11.0. The van der Waals surface area contributed by atoms with Gasteiger partial charge >= 0.3 is 5.97 Å². The first-order valence-electron chi connectivity index (χ1n) is 15.6. The summed E-state index contributed by atoms with van der Waals surface area (Å²) in [6.45, 7) is 27.5. The Bertz CT molecular complexity index is 925. The van der Waals surface area contributed by atoms with Gasteiger partial charge in [0.05, 0.1) is 19.3 Å². The molecule has 0 spiro atoms. The lowest BCUT2D eigenvalue weighted by molar-refractivity contribution is -0.140. The molecule has 3 atom stereocenters. The van der Waals surface area contributed by atoms with Crippen molar-refractivity contribution < 1.29 is 18.4 Å². The Balaban J connectivity index is 3.51. The van der Waals surface area contributed by atoms with Gasteiger partial charge in [0.15, 0.2) is 16.6 Å². The summed E-state index contributed by atoms with van der Waals surface area (Å²) in [4.78, 5) is 12.0. The maximum Gasteiger partial charge on any atom is 0.305 e. The van der Waals surface area contributed by atoms with Crippen molar-refractivity contribution in [1.29, 1.82) is 0 Å². The molecule has 6 heteroatoms. The summed E-state index contributed by atoms with van der Waals surface area (Å²) >= 11 is 0. The summed E-state index contributed by atoms with van der Waals surface area (Å²) < 4.78 is 19.2. The molecule has 230 valence electrons. The average molecular weight is 591 g/mol. The summed E-state index contributed by atoms with van der Waals surface area (Å²) in [5.41, 5.74) is 2.66. The molecule has 1 aromatic carbocycles. The number of esters is 1. The number of hydrogen-bond donors (Lipinski definition) is 0. The van der Waals surface area contributed by atoms with Crippen LogP contribution in [0.5, 0.6) is 0 Å². The minimum atomic E-state index is -2.12. The van der Waals surface area contributed by atoms with Crippen LogP contribution in [-0.4, -0.2) is 41.9 Å². The van der Waals surface area contributed by atoms with E-state index in [9.17, 15) is 4.79 Å². The SMILES string of the molecule is CCCCCC(C)c1ccccc1/C=C/[C@H](O[Si](C)(C)C(C)(C)C)[C@H](CCCC(=O)OC)O[Si](C)(C)C(C)(C)C. The molecule has 0 fully saturated rings. The van der Waals surface area contributed by atoms with Crippen molar-refractivity contribution in [2.45, 2.75) is 155 Å². The molecule has 0 bridgehead atoms. The Hall–Kier alpha value is -1.22. The van der Waals surface area contributed by atoms with Crippen LogP contribution in [0.3, 0.4) is 0 Å². The molecule has 4 nitrogen and oxygen atoms in total. The number of ether oxygens (including phenoxy) is 1. The van der Waals surface area contributed by atoms with E-state index in [2.05, 4.69) is 118 Å². The van der Waals surface area contributed by atoms with Crippen molar-refractivity contribution in [1.82, 2.24) is 0 Å². The minimum absolute atomic E-state index is 0.0678. The van der Waals surface area contributed by atoms with Gasteiger partial charge in [-0.05, 0) is 72.6 Å². The van der Waals surface area contributed by atoms with Gasteiger partial charge in [0.2, 0.25) is 0 Å². The lowest BCUT2D eigenvalue weighted by Gasteiger charge is -2.44. The zero-order valence-corrected chi connectivity index (χ0v) is 30.3. The van der Waals surface area contributed by atoms with Gasteiger partial charge < -0.3 is 13.6 Å². The van der Waals surface area contributed by atoms with Crippen molar-refractivity contribution in [2.24, 2.45) is 0 Å². The van der Waals surface area contributed by atoms with E-state index in [1.807, 2.05) is 0 Å². The number of unbranched alkanes of at least 4 members (excludes halogenated alkanes) is 2. The molecule has 0 aliphatic rings. The monoisotopic (exact) mass is 590 g/mol. The molecule has 0 heterocycles. The second-order valence-electron chi connectivity index (χ2n) is 14.6. The van der Waals surface area contributed by atoms with Crippen molar-refractivity contribution in [3.63, 3.8) is 0 Å². The number of methoxy groups -OCH3 is 1. The molecule has 1 rings (SSSR count). The Labute approximate surface area is 249 Å². The first-order chi connectivity index (χ1) is 18.4. The molecule has 0 amide bonds. The number of benzene rings is 1. The van der Waals surface area contributed by atoms with Crippen molar-refractivity contribution in [2.75, 3.05) is 7.11 Å². The molecule has 0 aliphatic heterocycles. The molecule has 0 N–H and O–H groups in total. The number of hydrogen-bond acceptors (Lipinski definition) is 4. The topological polar surface area (TPSA) is 44.8 Å². The predicted molar refractivity (Wildman–Crippen MR) is 178 cm³/mol. The molecular formula is C34H62O4Si2. The Morgan fingerprint density at radius 3 is 2.00 bits per heavy atom. The van der Waals surface area contributed by atoms with Crippen LogP contribution in [0.25, 0.3) is 6.08 Å². The third-order valence-corrected chi connectivity index (χ3v) is 18.2. The first-order valence-corrected chi connectivity index (χ1v) is 21.4. The molecule has 0 saturated carbocycles. The van der Waals surface area contributed by atoms with E-state index in [1.54, 1.807) is 0 Å². The fraction of sp³-hybridized carbons (Fsp3) is 0.735. The third-order valence-electron chi connectivity index (χ3n) is 9.19. The summed E-state index contributed by atoms with van der Waals surface area (Å²) in [6, 6.07) is 8.79. The van der Waals surface area contributed by atoms with E-state index in [-0.39, 0.29) is 28.3 Å². The lowest BCUT2D eigenvalue weighted by atomic mass is 9.91. The van der Waals surface area contributed by atoms with E-state index in [0.29, 0.717) is 18.8 Å². The highest BCUT2D eigenvalue weighted by Crippen LogP contribution is 2.41. The number of carbonyl (C=O) groups is 1. The first kappa shape index (κ1) is 36.8. The van der Waals surface area contributed by atoms with Crippen LogP contribution in [0, 0.1) is 0 Å². The minimum Gasteiger partial charge on any atom is -0.469 e. The molecule has 1 unspecified atom stereocenters. The van der Waals surface area contributed by atoms with Gasteiger partial charge in [-0.15, -0.1) is 0 Å². The lowest BCUT2D eigenvalue weighted by Crippen LogP contribution is -2.51. The Kier molecular flexibility index (Phi) is 14.6. The van der Waals surface area contributed by atoms with Crippen LogP contribution in [0.2, 0.25) is 36.3 Å². The van der Waals surface area contributed by atoms with E-state index in [1.165, 1.54) is 43.9 Å². The highest BCUT2D eigenvalue weighted by atomic mass is 28.4. The fourth-order valence-electron chi connectivity index (χ4n) is 4.32. The van der Waals surface area contributed by atoms with E-state index >= 15 is 0 Å². The maximum absolute atomic E-state index is 12.0. The average Bonchev–Trinajstić information content (AvgIpc) is 2.84. The van der Waals surface area contributed by atoms with E-state index < -0.39 is 16.6 Å². The van der Waals surface area contributed by atoms with Crippen LogP contribution in [0.1, 0.15) is 117 Å². The molecule has 0 aliphatic carbocycles. The normalized spacial score (nSPS) is 15.7. The Morgan fingerprint density at radius 2 is 1.45 bits per heavy atom. The smallest absolute Gasteiger partial charge is 0.305 e. The van der Waals surface area contributed by atoms with Crippen LogP contribution in [0.4, 0.5) is 0 Å². The molecule has 0 aromatic heterocycles. The second kappa shape index (κ2) is 15.9. The van der Waals surface area contributed by atoms with Gasteiger partial charge in [0.25, 0.3) is 0 Å². The van der Waals surface area contributed by atoms with E-state index in [0.717, 1.165) is 6.42 Å². The third kappa shape index (κ3) is 11.6. The van der Waals surface area contributed by atoms with E-state index in [4.69, 9.17) is 13.6 Å². The molecule has 1 aromatic rings. The van der Waals surface area contributed by atoms with Crippen molar-refractivity contribution in [3.8, 4) is 0 Å².